The second-order valence-corrected chi connectivity index (χ2v) is 2.23. The molecule has 0 atom stereocenters. The lowest BCUT2D eigenvalue weighted by molar-refractivity contribution is 0.0694. The maximum absolute atomic E-state index is 10.6. The first-order valence-corrected chi connectivity index (χ1v) is 4.32. The first-order valence-electron chi connectivity index (χ1n) is 4.32. The molecule has 0 saturated carbocycles. The van der Waals surface area contributed by atoms with Crippen molar-refractivity contribution in [1.29, 1.82) is 0 Å². The summed E-state index contributed by atoms with van der Waals surface area (Å²) >= 11 is 0. The Bertz CT molecular complexity index is 310. The van der Waals surface area contributed by atoms with E-state index in [1.54, 1.807) is 12.1 Å². The van der Waals surface area contributed by atoms with E-state index in [0.717, 1.165) is 0 Å². The highest BCUT2D eigenvalue weighted by atomic mass is 16.5. The number of benzene rings is 1. The fourth-order valence-electron chi connectivity index (χ4n) is 0.947. The van der Waals surface area contributed by atoms with Gasteiger partial charge >= 0.3 is 5.97 Å². The van der Waals surface area contributed by atoms with Crippen molar-refractivity contribution in [3.63, 3.8) is 0 Å². The Morgan fingerprint density at radius 3 is 2.36 bits per heavy atom. The second kappa shape index (κ2) is 5.85. The topological polar surface area (TPSA) is 72.5 Å². The molecule has 0 unspecified atom stereocenters. The van der Waals surface area contributed by atoms with E-state index < -0.39 is 5.97 Å². The van der Waals surface area contributed by atoms with Gasteiger partial charge < -0.3 is 15.6 Å². The third-order valence-corrected chi connectivity index (χ3v) is 1.49. The molecule has 1 rings (SSSR count). The molecule has 0 spiro atoms. The van der Waals surface area contributed by atoms with Crippen LogP contribution in [0.4, 0.5) is 5.69 Å². The van der Waals surface area contributed by atoms with Gasteiger partial charge in [0.1, 0.15) is 11.3 Å². The van der Waals surface area contributed by atoms with Crippen molar-refractivity contribution in [2.75, 3.05) is 12.8 Å². The van der Waals surface area contributed by atoms with Crippen LogP contribution in [0.5, 0.6) is 5.75 Å². The van der Waals surface area contributed by atoms with Gasteiger partial charge in [-0.1, -0.05) is 19.9 Å². The molecule has 14 heavy (non-hydrogen) atoms. The zero-order chi connectivity index (χ0) is 11.1. The predicted molar refractivity (Wildman–Crippen MR) is 55.7 cm³/mol. The van der Waals surface area contributed by atoms with E-state index in [1.807, 2.05) is 13.8 Å². The van der Waals surface area contributed by atoms with Gasteiger partial charge in [0.15, 0.2) is 0 Å². The Kier molecular flexibility index (Phi) is 5.14. The van der Waals surface area contributed by atoms with E-state index in [0.29, 0.717) is 0 Å². The van der Waals surface area contributed by atoms with Gasteiger partial charge in [0.25, 0.3) is 0 Å². The van der Waals surface area contributed by atoms with Crippen LogP contribution in [0.25, 0.3) is 0 Å². The minimum absolute atomic E-state index is 0.0139. The SMILES string of the molecule is CC.COc1cccc(N)c1C(=O)O. The summed E-state index contributed by atoms with van der Waals surface area (Å²) in [6.45, 7) is 4.00. The molecule has 4 heteroatoms. The molecule has 3 N–H and O–H groups in total. The van der Waals surface area contributed by atoms with E-state index in [-0.39, 0.29) is 17.0 Å². The molecule has 0 saturated heterocycles. The molecule has 1 aromatic carbocycles. The van der Waals surface area contributed by atoms with Crippen LogP contribution in [0.1, 0.15) is 24.2 Å². The Balaban J connectivity index is 0.000000791. The maximum atomic E-state index is 10.6. The summed E-state index contributed by atoms with van der Waals surface area (Å²) < 4.78 is 4.83. The van der Waals surface area contributed by atoms with Gasteiger partial charge in [0, 0.05) is 5.69 Å². The summed E-state index contributed by atoms with van der Waals surface area (Å²) in [5, 5.41) is 8.72. The number of carbonyl (C=O) groups is 1. The van der Waals surface area contributed by atoms with Crippen LogP contribution in [0.2, 0.25) is 0 Å². The molecular formula is C10H15NO3. The van der Waals surface area contributed by atoms with Crippen LogP contribution >= 0.6 is 0 Å². The molecule has 0 aliphatic carbocycles. The number of aromatic carboxylic acids is 1. The average Bonchev–Trinajstić information content (AvgIpc) is 2.19. The Labute approximate surface area is 83.3 Å². The minimum atomic E-state index is -1.08. The van der Waals surface area contributed by atoms with Crippen LogP contribution in [0.3, 0.4) is 0 Å². The lowest BCUT2D eigenvalue weighted by Gasteiger charge is -2.05. The van der Waals surface area contributed by atoms with Gasteiger partial charge in [-0.15, -0.1) is 0 Å². The molecule has 0 bridgehead atoms. The van der Waals surface area contributed by atoms with Crippen molar-refractivity contribution in [2.24, 2.45) is 0 Å². The molecule has 0 radical (unpaired) electrons. The number of anilines is 1. The fraction of sp³-hybridized carbons (Fsp3) is 0.300. The number of carboxylic acid groups (broad SMARTS) is 1. The third-order valence-electron chi connectivity index (χ3n) is 1.49. The zero-order valence-corrected chi connectivity index (χ0v) is 8.57. The molecule has 0 heterocycles. The molecule has 78 valence electrons. The number of ether oxygens (including phenoxy) is 1. The van der Waals surface area contributed by atoms with Gasteiger partial charge in [0.2, 0.25) is 0 Å². The van der Waals surface area contributed by atoms with E-state index in [9.17, 15) is 4.79 Å². The molecule has 0 aliphatic heterocycles. The van der Waals surface area contributed by atoms with Crippen molar-refractivity contribution in [2.45, 2.75) is 13.8 Å². The Morgan fingerprint density at radius 2 is 2.00 bits per heavy atom. The van der Waals surface area contributed by atoms with Gasteiger partial charge in [-0.05, 0) is 12.1 Å². The van der Waals surface area contributed by atoms with Gasteiger partial charge in [-0.3, -0.25) is 0 Å². The summed E-state index contributed by atoms with van der Waals surface area (Å²) in [5.41, 5.74) is 5.66. The molecule has 0 amide bonds. The normalized spacial score (nSPS) is 8.50. The summed E-state index contributed by atoms with van der Waals surface area (Å²) in [7, 11) is 1.40. The van der Waals surface area contributed by atoms with Crippen molar-refractivity contribution in [3.05, 3.63) is 23.8 Å². The first-order chi connectivity index (χ1) is 6.66. The van der Waals surface area contributed by atoms with Crippen LogP contribution in [0.15, 0.2) is 18.2 Å². The molecule has 0 fully saturated rings. The van der Waals surface area contributed by atoms with Crippen molar-refractivity contribution < 1.29 is 14.6 Å². The monoisotopic (exact) mass is 197 g/mol. The molecule has 4 nitrogen and oxygen atoms in total. The quantitative estimate of drug-likeness (QED) is 0.711. The van der Waals surface area contributed by atoms with E-state index >= 15 is 0 Å². The van der Waals surface area contributed by atoms with E-state index in [1.165, 1.54) is 13.2 Å². The van der Waals surface area contributed by atoms with Crippen molar-refractivity contribution in [3.8, 4) is 5.75 Å². The minimum Gasteiger partial charge on any atom is -0.496 e. The largest absolute Gasteiger partial charge is 0.496 e. The Morgan fingerprint density at radius 1 is 1.43 bits per heavy atom. The zero-order valence-electron chi connectivity index (χ0n) is 8.57. The lowest BCUT2D eigenvalue weighted by Crippen LogP contribution is -2.04. The number of methoxy groups -OCH3 is 1. The number of nitrogen functional groups attached to an aromatic ring is 1. The van der Waals surface area contributed by atoms with Crippen molar-refractivity contribution >= 4 is 11.7 Å². The molecular weight excluding hydrogens is 182 g/mol. The maximum Gasteiger partial charge on any atom is 0.341 e. The smallest absolute Gasteiger partial charge is 0.341 e. The van der Waals surface area contributed by atoms with Gasteiger partial charge in [0.05, 0.1) is 7.11 Å². The van der Waals surface area contributed by atoms with Crippen LogP contribution in [-0.2, 0) is 0 Å². The van der Waals surface area contributed by atoms with Crippen LogP contribution in [0, 0.1) is 0 Å². The molecule has 0 aliphatic rings. The van der Waals surface area contributed by atoms with Crippen LogP contribution < -0.4 is 10.5 Å². The second-order valence-electron chi connectivity index (χ2n) is 2.23. The molecule has 0 aromatic heterocycles. The highest BCUT2D eigenvalue weighted by Crippen LogP contribution is 2.23. The number of hydrogen-bond donors (Lipinski definition) is 2. The predicted octanol–water partition coefficient (Wildman–Crippen LogP) is 2.00. The summed E-state index contributed by atoms with van der Waals surface area (Å²) in [6.07, 6.45) is 0. The fourth-order valence-corrected chi connectivity index (χ4v) is 0.947. The average molecular weight is 197 g/mol. The van der Waals surface area contributed by atoms with E-state index in [2.05, 4.69) is 0 Å². The van der Waals surface area contributed by atoms with E-state index in [4.69, 9.17) is 15.6 Å². The number of carboxylic acids is 1. The summed E-state index contributed by atoms with van der Waals surface area (Å²) in [5.74, 6) is -0.799. The molecule has 1 aromatic rings. The third kappa shape index (κ3) is 2.65. The highest BCUT2D eigenvalue weighted by Gasteiger charge is 2.13. The van der Waals surface area contributed by atoms with Crippen molar-refractivity contribution in [1.82, 2.24) is 0 Å². The summed E-state index contributed by atoms with van der Waals surface area (Å²) in [4.78, 5) is 10.6. The van der Waals surface area contributed by atoms with Gasteiger partial charge in [-0.2, -0.15) is 0 Å². The lowest BCUT2D eigenvalue weighted by atomic mass is 10.1. The standard InChI is InChI=1S/C8H9NO3.C2H6/c1-12-6-4-2-3-5(9)7(6)8(10)11;1-2/h2-4H,9H2,1H3,(H,10,11);1-2H3. The van der Waals surface area contributed by atoms with Gasteiger partial charge in [-0.25, -0.2) is 4.79 Å². The highest BCUT2D eigenvalue weighted by molar-refractivity contribution is 5.96. The number of nitrogens with two attached hydrogens (primary N) is 1. The van der Waals surface area contributed by atoms with Crippen LogP contribution in [-0.4, -0.2) is 18.2 Å². The first kappa shape index (κ1) is 12.3. The Hall–Kier alpha value is -1.71. The summed E-state index contributed by atoms with van der Waals surface area (Å²) in [6, 6.07) is 4.71. The number of hydrogen-bond acceptors (Lipinski definition) is 3. The number of rotatable bonds is 2.